The van der Waals surface area contributed by atoms with E-state index in [-0.39, 0.29) is 11.9 Å². The SMILES string of the molecule is O=C(O)C1CC2COCCN2C1=O. The molecular weight excluding hydrogens is 174 g/mol. The standard InChI is InChI=1S/C8H11NO4/c10-7-6(8(11)12)3-5-4-13-2-1-9(5)7/h5-6H,1-4H2,(H,11,12). The first-order valence-corrected chi connectivity index (χ1v) is 4.31. The average molecular weight is 185 g/mol. The van der Waals surface area contributed by atoms with Crippen molar-refractivity contribution in [3.63, 3.8) is 0 Å². The van der Waals surface area contributed by atoms with Gasteiger partial charge in [0.1, 0.15) is 5.92 Å². The van der Waals surface area contributed by atoms with E-state index in [9.17, 15) is 9.59 Å². The highest BCUT2D eigenvalue weighted by Crippen LogP contribution is 2.26. The Labute approximate surface area is 75.3 Å². The van der Waals surface area contributed by atoms with Crippen molar-refractivity contribution in [1.29, 1.82) is 0 Å². The molecule has 13 heavy (non-hydrogen) atoms. The van der Waals surface area contributed by atoms with Crippen molar-refractivity contribution in [2.45, 2.75) is 12.5 Å². The van der Waals surface area contributed by atoms with E-state index in [2.05, 4.69) is 0 Å². The molecule has 0 aromatic carbocycles. The Hall–Kier alpha value is -1.10. The molecule has 1 amide bonds. The minimum absolute atomic E-state index is 0.0117. The van der Waals surface area contributed by atoms with Crippen LogP contribution in [0.1, 0.15) is 6.42 Å². The zero-order valence-electron chi connectivity index (χ0n) is 7.10. The summed E-state index contributed by atoms with van der Waals surface area (Å²) in [5, 5.41) is 8.74. The highest BCUT2D eigenvalue weighted by Gasteiger charge is 2.44. The molecule has 2 unspecified atom stereocenters. The van der Waals surface area contributed by atoms with Gasteiger partial charge in [-0.05, 0) is 6.42 Å². The Balaban J connectivity index is 2.14. The fourth-order valence-electron chi connectivity index (χ4n) is 1.92. The largest absolute Gasteiger partial charge is 0.481 e. The summed E-state index contributed by atoms with van der Waals surface area (Å²) in [6.07, 6.45) is 0.397. The summed E-state index contributed by atoms with van der Waals surface area (Å²) in [7, 11) is 0. The number of hydrogen-bond donors (Lipinski definition) is 1. The number of carboxylic acid groups (broad SMARTS) is 1. The second-order valence-corrected chi connectivity index (χ2v) is 3.39. The summed E-state index contributed by atoms with van der Waals surface area (Å²) in [4.78, 5) is 23.8. The normalized spacial score (nSPS) is 33.2. The smallest absolute Gasteiger partial charge is 0.316 e. The molecule has 2 aliphatic rings. The lowest BCUT2D eigenvalue weighted by atomic mass is 10.1. The number of carbonyl (C=O) groups is 2. The molecule has 0 radical (unpaired) electrons. The number of carbonyl (C=O) groups excluding carboxylic acids is 1. The topological polar surface area (TPSA) is 66.8 Å². The van der Waals surface area contributed by atoms with Gasteiger partial charge in [0.2, 0.25) is 5.91 Å². The summed E-state index contributed by atoms with van der Waals surface area (Å²) in [6, 6.07) is -0.0117. The van der Waals surface area contributed by atoms with Crippen LogP contribution in [0.3, 0.4) is 0 Å². The van der Waals surface area contributed by atoms with Gasteiger partial charge >= 0.3 is 5.97 Å². The molecule has 2 saturated heterocycles. The quantitative estimate of drug-likeness (QED) is 0.549. The van der Waals surface area contributed by atoms with Gasteiger partial charge < -0.3 is 14.7 Å². The van der Waals surface area contributed by atoms with Crippen LogP contribution in [0.15, 0.2) is 0 Å². The first-order chi connectivity index (χ1) is 6.20. The summed E-state index contributed by atoms with van der Waals surface area (Å²) < 4.78 is 5.17. The molecule has 2 fully saturated rings. The van der Waals surface area contributed by atoms with Crippen molar-refractivity contribution in [3.8, 4) is 0 Å². The number of ether oxygens (including phenoxy) is 1. The van der Waals surface area contributed by atoms with Crippen molar-refractivity contribution in [3.05, 3.63) is 0 Å². The van der Waals surface area contributed by atoms with E-state index < -0.39 is 11.9 Å². The van der Waals surface area contributed by atoms with Gasteiger partial charge in [0.05, 0.1) is 19.3 Å². The molecule has 72 valence electrons. The summed E-state index contributed by atoms with van der Waals surface area (Å²) in [5.41, 5.74) is 0. The Kier molecular flexibility index (Phi) is 1.95. The van der Waals surface area contributed by atoms with E-state index >= 15 is 0 Å². The molecule has 0 saturated carbocycles. The number of rotatable bonds is 1. The lowest BCUT2D eigenvalue weighted by Gasteiger charge is -2.29. The number of morpholine rings is 1. The molecule has 2 atom stereocenters. The van der Waals surface area contributed by atoms with Crippen LogP contribution in [-0.4, -0.2) is 47.7 Å². The van der Waals surface area contributed by atoms with Crippen LogP contribution >= 0.6 is 0 Å². The predicted octanol–water partition coefficient (Wildman–Crippen LogP) is -0.682. The fourth-order valence-corrected chi connectivity index (χ4v) is 1.92. The van der Waals surface area contributed by atoms with E-state index in [1.165, 1.54) is 0 Å². The van der Waals surface area contributed by atoms with Crippen molar-refractivity contribution in [2.24, 2.45) is 5.92 Å². The van der Waals surface area contributed by atoms with Crippen molar-refractivity contribution >= 4 is 11.9 Å². The second kappa shape index (κ2) is 2.99. The number of fused-ring (bicyclic) bond motifs is 1. The average Bonchev–Trinajstić information content (AvgIpc) is 2.45. The minimum Gasteiger partial charge on any atom is -0.481 e. The zero-order valence-corrected chi connectivity index (χ0v) is 7.10. The number of carboxylic acids is 1. The molecule has 0 aromatic heterocycles. The molecule has 1 N–H and O–H groups in total. The molecular formula is C8H11NO4. The number of amides is 1. The summed E-state index contributed by atoms with van der Waals surface area (Å²) in [6.45, 7) is 1.54. The first-order valence-electron chi connectivity index (χ1n) is 4.31. The third-order valence-corrected chi connectivity index (χ3v) is 2.61. The van der Waals surface area contributed by atoms with E-state index in [1.54, 1.807) is 4.90 Å². The lowest BCUT2D eigenvalue weighted by Crippen LogP contribution is -2.43. The number of nitrogens with zero attached hydrogens (tertiary/aromatic N) is 1. The molecule has 0 spiro atoms. The third-order valence-electron chi connectivity index (χ3n) is 2.61. The summed E-state index contributed by atoms with van der Waals surface area (Å²) in [5.74, 6) is -2.10. The fraction of sp³-hybridized carbons (Fsp3) is 0.750. The van der Waals surface area contributed by atoms with Crippen LogP contribution in [0, 0.1) is 5.92 Å². The van der Waals surface area contributed by atoms with Crippen LogP contribution in [0.25, 0.3) is 0 Å². The van der Waals surface area contributed by atoms with Crippen LogP contribution in [-0.2, 0) is 14.3 Å². The maximum Gasteiger partial charge on any atom is 0.316 e. The molecule has 0 aliphatic carbocycles. The minimum atomic E-state index is -1.01. The monoisotopic (exact) mass is 185 g/mol. The van der Waals surface area contributed by atoms with Crippen LogP contribution < -0.4 is 0 Å². The maximum absolute atomic E-state index is 11.5. The zero-order chi connectivity index (χ0) is 9.42. The van der Waals surface area contributed by atoms with E-state index in [4.69, 9.17) is 9.84 Å². The van der Waals surface area contributed by atoms with Gasteiger partial charge in [-0.1, -0.05) is 0 Å². The van der Waals surface area contributed by atoms with Crippen LogP contribution in [0.5, 0.6) is 0 Å². The Bertz CT molecular complexity index is 253. The first kappa shape index (κ1) is 8.50. The molecule has 2 heterocycles. The molecule has 2 aliphatic heterocycles. The Morgan fingerprint density at radius 3 is 3.00 bits per heavy atom. The van der Waals surface area contributed by atoms with Gasteiger partial charge in [-0.3, -0.25) is 9.59 Å². The van der Waals surface area contributed by atoms with Crippen molar-refractivity contribution in [1.82, 2.24) is 4.90 Å². The highest BCUT2D eigenvalue weighted by molar-refractivity contribution is 5.98. The Morgan fingerprint density at radius 1 is 1.62 bits per heavy atom. The van der Waals surface area contributed by atoms with Crippen LogP contribution in [0.2, 0.25) is 0 Å². The van der Waals surface area contributed by atoms with Crippen molar-refractivity contribution in [2.75, 3.05) is 19.8 Å². The van der Waals surface area contributed by atoms with Gasteiger partial charge in [0.25, 0.3) is 0 Å². The van der Waals surface area contributed by atoms with Crippen LogP contribution in [0.4, 0.5) is 0 Å². The summed E-state index contributed by atoms with van der Waals surface area (Å²) >= 11 is 0. The van der Waals surface area contributed by atoms with Gasteiger partial charge in [-0.25, -0.2) is 0 Å². The van der Waals surface area contributed by atoms with E-state index in [0.717, 1.165) is 0 Å². The highest BCUT2D eigenvalue weighted by atomic mass is 16.5. The second-order valence-electron chi connectivity index (χ2n) is 3.39. The van der Waals surface area contributed by atoms with Gasteiger partial charge in [0.15, 0.2) is 0 Å². The third kappa shape index (κ3) is 1.29. The molecule has 5 nitrogen and oxygen atoms in total. The molecule has 2 rings (SSSR count). The number of aliphatic carboxylic acids is 1. The molecule has 5 heteroatoms. The predicted molar refractivity (Wildman–Crippen MR) is 42.1 cm³/mol. The molecule has 0 aromatic rings. The van der Waals surface area contributed by atoms with Crippen molar-refractivity contribution < 1.29 is 19.4 Å². The van der Waals surface area contributed by atoms with Gasteiger partial charge in [-0.2, -0.15) is 0 Å². The molecule has 0 bridgehead atoms. The Morgan fingerprint density at radius 2 is 2.38 bits per heavy atom. The van der Waals surface area contributed by atoms with E-state index in [0.29, 0.717) is 26.2 Å². The maximum atomic E-state index is 11.5. The lowest BCUT2D eigenvalue weighted by molar-refractivity contribution is -0.148. The number of hydrogen-bond acceptors (Lipinski definition) is 3. The van der Waals surface area contributed by atoms with Gasteiger partial charge in [0, 0.05) is 6.54 Å². The van der Waals surface area contributed by atoms with E-state index in [1.807, 2.05) is 0 Å². The van der Waals surface area contributed by atoms with Gasteiger partial charge in [-0.15, -0.1) is 0 Å².